The maximum atomic E-state index is 12.0. The molecule has 23 heavy (non-hydrogen) atoms. The number of hydrogen-bond donors (Lipinski definition) is 2. The number of urea groups is 1. The number of aromatic nitrogens is 1. The quantitative estimate of drug-likeness (QED) is 0.663. The first-order valence-corrected chi connectivity index (χ1v) is 7.96. The lowest BCUT2D eigenvalue weighted by atomic mass is 10.2. The minimum absolute atomic E-state index is 0.291. The van der Waals surface area contributed by atoms with Crippen LogP contribution in [0.1, 0.15) is 5.56 Å². The van der Waals surface area contributed by atoms with E-state index in [1.165, 1.54) is 17.4 Å². The van der Waals surface area contributed by atoms with Gasteiger partial charge in [-0.2, -0.15) is 5.26 Å². The van der Waals surface area contributed by atoms with Crippen molar-refractivity contribution >= 4 is 61.6 Å². The first kappa shape index (κ1) is 15.6. The molecule has 0 bridgehead atoms. The molecule has 3 aromatic rings. The lowest BCUT2D eigenvalue weighted by Gasteiger charge is -2.06. The zero-order valence-corrected chi connectivity index (χ0v) is 13.8. The van der Waals surface area contributed by atoms with Crippen molar-refractivity contribution in [2.24, 2.45) is 0 Å². The number of carbonyl (C=O) groups is 1. The fourth-order valence-corrected chi connectivity index (χ4v) is 3.20. The molecule has 0 aliphatic heterocycles. The van der Waals surface area contributed by atoms with Gasteiger partial charge in [-0.3, -0.25) is 5.32 Å². The van der Waals surface area contributed by atoms with Crippen LogP contribution in [0.2, 0.25) is 10.0 Å². The number of fused-ring (bicyclic) bond motifs is 1. The maximum absolute atomic E-state index is 12.0. The molecule has 0 saturated carbocycles. The molecule has 0 radical (unpaired) electrons. The highest BCUT2D eigenvalue weighted by molar-refractivity contribution is 7.22. The van der Waals surface area contributed by atoms with Gasteiger partial charge >= 0.3 is 6.03 Å². The average Bonchev–Trinajstić information content (AvgIpc) is 2.90. The van der Waals surface area contributed by atoms with Crippen LogP contribution in [-0.4, -0.2) is 11.0 Å². The van der Waals surface area contributed by atoms with Gasteiger partial charge in [-0.25, -0.2) is 9.78 Å². The van der Waals surface area contributed by atoms with Crippen LogP contribution >= 0.6 is 34.5 Å². The lowest BCUT2D eigenvalue weighted by Crippen LogP contribution is -2.19. The molecule has 1 aromatic heterocycles. The van der Waals surface area contributed by atoms with Gasteiger partial charge < -0.3 is 5.32 Å². The van der Waals surface area contributed by atoms with E-state index in [0.717, 1.165) is 10.2 Å². The van der Waals surface area contributed by atoms with Crippen molar-refractivity contribution in [2.45, 2.75) is 0 Å². The van der Waals surface area contributed by atoms with E-state index in [0.29, 0.717) is 26.4 Å². The Morgan fingerprint density at radius 3 is 2.78 bits per heavy atom. The predicted molar refractivity (Wildman–Crippen MR) is 93.4 cm³/mol. The van der Waals surface area contributed by atoms with Crippen LogP contribution in [-0.2, 0) is 0 Å². The molecule has 114 valence electrons. The number of benzene rings is 2. The topological polar surface area (TPSA) is 77.8 Å². The third-order valence-corrected chi connectivity index (χ3v) is 4.41. The number of hydrogen-bond acceptors (Lipinski definition) is 4. The second-order valence-electron chi connectivity index (χ2n) is 4.52. The van der Waals surface area contributed by atoms with Crippen LogP contribution in [0.15, 0.2) is 36.4 Å². The molecule has 2 amide bonds. The maximum Gasteiger partial charge on any atom is 0.325 e. The highest BCUT2D eigenvalue weighted by Crippen LogP contribution is 2.28. The molecule has 2 N–H and O–H groups in total. The van der Waals surface area contributed by atoms with E-state index in [-0.39, 0.29) is 0 Å². The van der Waals surface area contributed by atoms with E-state index in [9.17, 15) is 4.79 Å². The number of nitrogens with zero attached hydrogens (tertiary/aromatic N) is 2. The van der Waals surface area contributed by atoms with Crippen molar-refractivity contribution in [2.75, 3.05) is 10.6 Å². The van der Waals surface area contributed by atoms with E-state index in [1.807, 2.05) is 6.07 Å². The Morgan fingerprint density at radius 1 is 1.17 bits per heavy atom. The summed E-state index contributed by atoms with van der Waals surface area (Å²) >= 11 is 13.1. The van der Waals surface area contributed by atoms with Crippen molar-refractivity contribution in [3.63, 3.8) is 0 Å². The molecular weight excluding hydrogens is 355 g/mol. The number of nitrogens with one attached hydrogen (secondary N) is 2. The van der Waals surface area contributed by atoms with Crippen molar-refractivity contribution in [1.82, 2.24) is 4.98 Å². The molecule has 0 fully saturated rings. The molecular formula is C15H8Cl2N4OS. The molecule has 0 spiro atoms. The molecule has 2 aromatic carbocycles. The largest absolute Gasteiger partial charge is 0.325 e. The normalized spacial score (nSPS) is 10.3. The molecule has 0 aliphatic carbocycles. The second-order valence-corrected chi connectivity index (χ2v) is 6.39. The first-order chi connectivity index (χ1) is 11.0. The van der Waals surface area contributed by atoms with Crippen LogP contribution in [0.4, 0.5) is 15.6 Å². The van der Waals surface area contributed by atoms with Gasteiger partial charge in [0.25, 0.3) is 0 Å². The zero-order chi connectivity index (χ0) is 16.4. The summed E-state index contributed by atoms with van der Waals surface area (Å²) in [5.74, 6) is 0. The van der Waals surface area contributed by atoms with Gasteiger partial charge in [0.15, 0.2) is 5.13 Å². The number of carbonyl (C=O) groups excluding carboxylic acids is 1. The van der Waals surface area contributed by atoms with E-state index in [2.05, 4.69) is 15.6 Å². The number of amides is 2. The van der Waals surface area contributed by atoms with Crippen molar-refractivity contribution in [3.8, 4) is 6.07 Å². The van der Waals surface area contributed by atoms with Crippen LogP contribution in [0.5, 0.6) is 0 Å². The monoisotopic (exact) mass is 362 g/mol. The van der Waals surface area contributed by atoms with E-state index in [1.54, 1.807) is 30.3 Å². The summed E-state index contributed by atoms with van der Waals surface area (Å²) in [5, 5.41) is 15.6. The van der Waals surface area contributed by atoms with Crippen LogP contribution < -0.4 is 10.6 Å². The van der Waals surface area contributed by atoms with E-state index < -0.39 is 6.03 Å². The smallest absolute Gasteiger partial charge is 0.308 e. The Labute approximate surface area is 145 Å². The minimum Gasteiger partial charge on any atom is -0.308 e. The summed E-state index contributed by atoms with van der Waals surface area (Å²) in [6.07, 6.45) is 0. The van der Waals surface area contributed by atoms with E-state index in [4.69, 9.17) is 28.5 Å². The van der Waals surface area contributed by atoms with Crippen molar-refractivity contribution < 1.29 is 4.79 Å². The Hall–Kier alpha value is -2.33. The molecule has 0 atom stereocenters. The standard InChI is InChI=1S/C15H8Cl2N4OS/c16-9-1-4-12-13(6-9)23-15(20-12)21-14(22)19-10-2-3-11(17)8(5-10)7-18/h1-6H,(H2,19,20,21,22). The third-order valence-electron chi connectivity index (χ3n) is 2.92. The molecule has 0 saturated heterocycles. The summed E-state index contributed by atoms with van der Waals surface area (Å²) in [5.41, 5.74) is 1.51. The van der Waals surface area contributed by atoms with Gasteiger partial charge in [-0.15, -0.1) is 0 Å². The third kappa shape index (κ3) is 3.54. The average molecular weight is 363 g/mol. The number of thiazole rings is 1. The first-order valence-electron chi connectivity index (χ1n) is 6.39. The Balaban J connectivity index is 1.74. The highest BCUT2D eigenvalue weighted by atomic mass is 35.5. The van der Waals surface area contributed by atoms with Gasteiger partial charge in [0.05, 0.1) is 20.8 Å². The van der Waals surface area contributed by atoms with Crippen LogP contribution in [0.3, 0.4) is 0 Å². The Kier molecular flexibility index (Phi) is 4.35. The van der Waals surface area contributed by atoms with Gasteiger partial charge in [0.1, 0.15) is 6.07 Å². The molecule has 0 unspecified atom stereocenters. The van der Waals surface area contributed by atoms with Gasteiger partial charge in [0, 0.05) is 10.7 Å². The SMILES string of the molecule is N#Cc1cc(NC(=O)Nc2nc3ccc(Cl)cc3s2)ccc1Cl. The lowest BCUT2D eigenvalue weighted by molar-refractivity contribution is 0.262. The zero-order valence-electron chi connectivity index (χ0n) is 11.4. The minimum atomic E-state index is -0.457. The molecule has 0 aliphatic rings. The molecule has 3 rings (SSSR count). The Morgan fingerprint density at radius 2 is 2.00 bits per heavy atom. The van der Waals surface area contributed by atoms with Crippen molar-refractivity contribution in [1.29, 1.82) is 5.26 Å². The number of anilines is 2. The summed E-state index contributed by atoms with van der Waals surface area (Å²) in [6.45, 7) is 0. The fourth-order valence-electron chi connectivity index (χ4n) is 1.90. The molecule has 5 nitrogen and oxygen atoms in total. The van der Waals surface area contributed by atoms with Gasteiger partial charge in [-0.1, -0.05) is 34.5 Å². The van der Waals surface area contributed by atoms with Crippen LogP contribution in [0, 0.1) is 11.3 Å². The number of nitriles is 1. The van der Waals surface area contributed by atoms with Crippen LogP contribution in [0.25, 0.3) is 10.2 Å². The number of halogens is 2. The highest BCUT2D eigenvalue weighted by Gasteiger charge is 2.09. The summed E-state index contributed by atoms with van der Waals surface area (Å²) in [7, 11) is 0. The molecule has 8 heteroatoms. The van der Waals surface area contributed by atoms with Gasteiger partial charge in [-0.05, 0) is 36.4 Å². The summed E-state index contributed by atoms with van der Waals surface area (Å²) in [4.78, 5) is 16.3. The fraction of sp³-hybridized carbons (Fsp3) is 0. The second kappa shape index (κ2) is 6.42. The summed E-state index contributed by atoms with van der Waals surface area (Å²) in [6, 6.07) is 11.5. The van der Waals surface area contributed by atoms with E-state index >= 15 is 0 Å². The molecule has 1 heterocycles. The van der Waals surface area contributed by atoms with Crippen molar-refractivity contribution in [3.05, 3.63) is 52.0 Å². The summed E-state index contributed by atoms with van der Waals surface area (Å²) < 4.78 is 0.881. The number of rotatable bonds is 2. The van der Waals surface area contributed by atoms with Gasteiger partial charge in [0.2, 0.25) is 0 Å². The Bertz CT molecular complexity index is 948. The predicted octanol–water partition coefficient (Wildman–Crippen LogP) is 5.12.